The van der Waals surface area contributed by atoms with Crippen molar-refractivity contribution in [2.45, 2.75) is 53.2 Å². The SMILES string of the molecule is Cc1cc(C)c(C)c(O[C@H](C)C(=O)N2c3ccccc3C[C@@H]2C)c1. The third-order valence-electron chi connectivity index (χ3n) is 4.86. The third kappa shape index (κ3) is 2.91. The van der Waals surface area contributed by atoms with Gasteiger partial charge in [-0.1, -0.05) is 24.3 Å². The van der Waals surface area contributed by atoms with E-state index < -0.39 is 6.10 Å². The molecule has 0 radical (unpaired) electrons. The molecule has 0 N–H and O–H groups in total. The average molecular weight is 323 g/mol. The molecule has 2 aromatic carbocycles. The molecule has 0 aliphatic carbocycles. The Balaban J connectivity index is 1.84. The highest BCUT2D eigenvalue weighted by molar-refractivity contribution is 5.99. The average Bonchev–Trinajstić information content (AvgIpc) is 2.87. The molecule has 1 amide bonds. The van der Waals surface area contributed by atoms with Crippen LogP contribution in [-0.2, 0) is 11.2 Å². The van der Waals surface area contributed by atoms with E-state index in [-0.39, 0.29) is 11.9 Å². The van der Waals surface area contributed by atoms with Crippen molar-refractivity contribution in [3.8, 4) is 5.75 Å². The van der Waals surface area contributed by atoms with Crippen LogP contribution >= 0.6 is 0 Å². The molecule has 3 nitrogen and oxygen atoms in total. The number of carbonyl (C=O) groups excluding carboxylic acids is 1. The minimum Gasteiger partial charge on any atom is -0.481 e. The fourth-order valence-electron chi connectivity index (χ4n) is 3.46. The lowest BCUT2D eigenvalue weighted by molar-refractivity contribution is -0.124. The molecule has 0 saturated heterocycles. The van der Waals surface area contributed by atoms with Crippen LogP contribution in [0.25, 0.3) is 0 Å². The number of amides is 1. The molecular weight excluding hydrogens is 298 g/mol. The van der Waals surface area contributed by atoms with Gasteiger partial charge >= 0.3 is 0 Å². The number of carbonyl (C=O) groups is 1. The number of anilines is 1. The minimum atomic E-state index is -0.515. The Morgan fingerprint density at radius 3 is 2.67 bits per heavy atom. The Kier molecular flexibility index (Phi) is 4.35. The summed E-state index contributed by atoms with van der Waals surface area (Å²) in [5.41, 5.74) is 5.67. The van der Waals surface area contributed by atoms with Gasteiger partial charge in [-0.2, -0.15) is 0 Å². The molecule has 0 fully saturated rings. The molecular formula is C21H25NO2. The van der Waals surface area contributed by atoms with Gasteiger partial charge in [0.1, 0.15) is 5.75 Å². The highest BCUT2D eigenvalue weighted by Crippen LogP contribution is 2.33. The van der Waals surface area contributed by atoms with E-state index in [0.717, 1.165) is 29.0 Å². The van der Waals surface area contributed by atoms with E-state index in [1.807, 2.05) is 49.9 Å². The van der Waals surface area contributed by atoms with Crippen molar-refractivity contribution in [3.63, 3.8) is 0 Å². The summed E-state index contributed by atoms with van der Waals surface area (Å²) in [4.78, 5) is 14.9. The van der Waals surface area contributed by atoms with Gasteiger partial charge in [0.05, 0.1) is 0 Å². The van der Waals surface area contributed by atoms with Crippen LogP contribution in [0.3, 0.4) is 0 Å². The van der Waals surface area contributed by atoms with Gasteiger partial charge in [-0.25, -0.2) is 0 Å². The fraction of sp³-hybridized carbons (Fsp3) is 0.381. The number of hydrogen-bond donors (Lipinski definition) is 0. The molecule has 0 unspecified atom stereocenters. The number of rotatable bonds is 3. The van der Waals surface area contributed by atoms with Gasteiger partial charge in [-0.15, -0.1) is 0 Å². The molecule has 0 saturated carbocycles. The standard InChI is InChI=1S/C21H25NO2/c1-13-10-14(2)16(4)20(11-13)24-17(5)21(23)22-15(3)12-18-8-6-7-9-19(18)22/h6-11,15,17H,12H2,1-5H3/t15-,17+/m0/s1. The maximum absolute atomic E-state index is 13.0. The Morgan fingerprint density at radius 1 is 1.21 bits per heavy atom. The van der Waals surface area contributed by atoms with Crippen LogP contribution < -0.4 is 9.64 Å². The molecule has 1 aliphatic heterocycles. The van der Waals surface area contributed by atoms with Crippen molar-refractivity contribution >= 4 is 11.6 Å². The number of benzene rings is 2. The van der Waals surface area contributed by atoms with Crippen LogP contribution in [0.5, 0.6) is 5.75 Å². The van der Waals surface area contributed by atoms with E-state index >= 15 is 0 Å². The van der Waals surface area contributed by atoms with Crippen LogP contribution in [0.2, 0.25) is 0 Å². The van der Waals surface area contributed by atoms with Gasteiger partial charge in [0.25, 0.3) is 5.91 Å². The lowest BCUT2D eigenvalue weighted by Crippen LogP contribution is -2.43. The van der Waals surface area contributed by atoms with Crippen LogP contribution in [0.15, 0.2) is 36.4 Å². The Morgan fingerprint density at radius 2 is 1.92 bits per heavy atom. The molecule has 1 heterocycles. The third-order valence-corrected chi connectivity index (χ3v) is 4.86. The van der Waals surface area contributed by atoms with E-state index in [1.165, 1.54) is 11.1 Å². The quantitative estimate of drug-likeness (QED) is 0.840. The molecule has 0 aromatic heterocycles. The van der Waals surface area contributed by atoms with Crippen molar-refractivity contribution in [1.82, 2.24) is 0 Å². The van der Waals surface area contributed by atoms with Gasteiger partial charge in [0.2, 0.25) is 0 Å². The Bertz CT molecular complexity index is 781. The lowest BCUT2D eigenvalue weighted by atomic mass is 10.1. The summed E-state index contributed by atoms with van der Waals surface area (Å²) in [5, 5.41) is 0. The second kappa shape index (κ2) is 6.31. The summed E-state index contributed by atoms with van der Waals surface area (Å²) in [7, 11) is 0. The normalized spacial score (nSPS) is 17.5. The predicted octanol–water partition coefficient (Wildman–Crippen LogP) is 4.36. The van der Waals surface area contributed by atoms with Crippen molar-refractivity contribution in [2.24, 2.45) is 0 Å². The van der Waals surface area contributed by atoms with Gasteiger partial charge in [0, 0.05) is 11.7 Å². The molecule has 2 aromatic rings. The zero-order valence-corrected chi connectivity index (χ0v) is 15.1. The molecule has 1 aliphatic rings. The van der Waals surface area contributed by atoms with E-state index in [9.17, 15) is 4.79 Å². The van der Waals surface area contributed by atoms with Gasteiger partial charge in [-0.05, 0) is 75.4 Å². The molecule has 2 atom stereocenters. The van der Waals surface area contributed by atoms with Gasteiger partial charge < -0.3 is 9.64 Å². The number of hydrogen-bond acceptors (Lipinski definition) is 2. The maximum Gasteiger partial charge on any atom is 0.268 e. The van der Waals surface area contributed by atoms with Crippen molar-refractivity contribution in [2.75, 3.05) is 4.90 Å². The van der Waals surface area contributed by atoms with E-state index in [4.69, 9.17) is 4.74 Å². The fourth-order valence-corrected chi connectivity index (χ4v) is 3.46. The highest BCUT2D eigenvalue weighted by Gasteiger charge is 2.34. The first-order valence-electron chi connectivity index (χ1n) is 8.54. The number of fused-ring (bicyclic) bond motifs is 1. The molecule has 126 valence electrons. The molecule has 24 heavy (non-hydrogen) atoms. The second-order valence-electron chi connectivity index (χ2n) is 6.86. The topological polar surface area (TPSA) is 29.5 Å². The minimum absolute atomic E-state index is 0.0195. The summed E-state index contributed by atoms with van der Waals surface area (Å²) < 4.78 is 6.05. The van der Waals surface area contributed by atoms with Crippen molar-refractivity contribution < 1.29 is 9.53 Å². The molecule has 3 heteroatoms. The first-order chi connectivity index (χ1) is 11.4. The van der Waals surface area contributed by atoms with Crippen LogP contribution in [-0.4, -0.2) is 18.1 Å². The van der Waals surface area contributed by atoms with E-state index in [2.05, 4.69) is 26.0 Å². The Labute approximate surface area is 144 Å². The smallest absolute Gasteiger partial charge is 0.268 e. The summed E-state index contributed by atoms with van der Waals surface area (Å²) in [6.45, 7) is 10.1. The zero-order valence-electron chi connectivity index (χ0n) is 15.1. The Hall–Kier alpha value is -2.29. The first-order valence-corrected chi connectivity index (χ1v) is 8.54. The van der Waals surface area contributed by atoms with Gasteiger partial charge in [-0.3, -0.25) is 4.79 Å². The predicted molar refractivity (Wildman–Crippen MR) is 97.8 cm³/mol. The number of ether oxygens (including phenoxy) is 1. The molecule has 3 rings (SSSR count). The van der Waals surface area contributed by atoms with Gasteiger partial charge in [0.15, 0.2) is 6.10 Å². The van der Waals surface area contributed by atoms with E-state index in [1.54, 1.807) is 0 Å². The van der Waals surface area contributed by atoms with Crippen molar-refractivity contribution in [1.29, 1.82) is 0 Å². The van der Waals surface area contributed by atoms with Crippen LogP contribution in [0.4, 0.5) is 5.69 Å². The van der Waals surface area contributed by atoms with Crippen LogP contribution in [0.1, 0.15) is 36.1 Å². The summed E-state index contributed by atoms with van der Waals surface area (Å²) in [6, 6.07) is 12.4. The first kappa shape index (κ1) is 16.6. The highest BCUT2D eigenvalue weighted by atomic mass is 16.5. The monoisotopic (exact) mass is 323 g/mol. The van der Waals surface area contributed by atoms with E-state index in [0.29, 0.717) is 0 Å². The van der Waals surface area contributed by atoms with Crippen molar-refractivity contribution in [3.05, 3.63) is 58.7 Å². The summed E-state index contributed by atoms with van der Waals surface area (Å²) >= 11 is 0. The summed E-state index contributed by atoms with van der Waals surface area (Å²) in [6.07, 6.45) is 0.385. The maximum atomic E-state index is 13.0. The number of nitrogens with zero attached hydrogens (tertiary/aromatic N) is 1. The number of aryl methyl sites for hydroxylation is 2. The number of para-hydroxylation sites is 1. The lowest BCUT2D eigenvalue weighted by Gasteiger charge is -2.27. The molecule has 0 bridgehead atoms. The summed E-state index contributed by atoms with van der Waals surface area (Å²) in [5.74, 6) is 0.819. The van der Waals surface area contributed by atoms with Crippen LogP contribution in [0, 0.1) is 20.8 Å². The zero-order chi connectivity index (χ0) is 17.4. The largest absolute Gasteiger partial charge is 0.481 e. The second-order valence-corrected chi connectivity index (χ2v) is 6.86. The molecule has 0 spiro atoms.